The first kappa shape index (κ1) is 15.7. The van der Waals surface area contributed by atoms with Gasteiger partial charge in [-0.2, -0.15) is 0 Å². The molecule has 0 radical (unpaired) electrons. The van der Waals surface area contributed by atoms with Crippen LogP contribution in [0.25, 0.3) is 0 Å². The van der Waals surface area contributed by atoms with Crippen molar-refractivity contribution in [3.05, 3.63) is 16.1 Å². The molecule has 1 aromatic rings. The first-order chi connectivity index (χ1) is 10.1. The predicted octanol–water partition coefficient (Wildman–Crippen LogP) is 1.25. The van der Waals surface area contributed by atoms with E-state index < -0.39 is 5.97 Å². The summed E-state index contributed by atoms with van der Waals surface area (Å²) in [6, 6.07) is -0.265. The lowest BCUT2D eigenvalue weighted by atomic mass is 10.1. The number of ether oxygens (including phenoxy) is 1. The van der Waals surface area contributed by atoms with E-state index >= 15 is 0 Å². The monoisotopic (exact) mass is 313 g/mol. The molecule has 2 amide bonds. The number of carboxylic acids is 1. The molecule has 8 heteroatoms. The second-order valence-electron chi connectivity index (χ2n) is 4.92. The van der Waals surface area contributed by atoms with Gasteiger partial charge in [0.05, 0.1) is 17.2 Å². The summed E-state index contributed by atoms with van der Waals surface area (Å²) >= 11 is 1.28. The van der Waals surface area contributed by atoms with Crippen LogP contribution in [0.4, 0.5) is 4.79 Å². The molecule has 2 heterocycles. The minimum absolute atomic E-state index is 0.0222. The van der Waals surface area contributed by atoms with Crippen molar-refractivity contribution in [1.29, 1.82) is 0 Å². The molecule has 0 spiro atoms. The standard InChI is InChI=1S/C13H19N3O4S/c1-8(10-3-2-6-20-10)15-13(19)14-5-4-11-16-9(7-21-11)12(17)18/h7-8,10H,2-6H2,1H3,(H,17,18)(H2,14,15,19). The van der Waals surface area contributed by atoms with Gasteiger partial charge < -0.3 is 20.5 Å². The molecule has 2 rings (SSSR count). The van der Waals surface area contributed by atoms with Crippen LogP contribution in [-0.4, -0.2) is 47.4 Å². The summed E-state index contributed by atoms with van der Waals surface area (Å²) in [6.45, 7) is 3.10. The van der Waals surface area contributed by atoms with E-state index in [4.69, 9.17) is 9.84 Å². The largest absolute Gasteiger partial charge is 0.476 e. The number of aromatic carboxylic acids is 1. The normalized spacial score (nSPS) is 19.2. The third-order valence-corrected chi connectivity index (χ3v) is 4.19. The highest BCUT2D eigenvalue weighted by atomic mass is 32.1. The van der Waals surface area contributed by atoms with Crippen molar-refractivity contribution in [3.63, 3.8) is 0 Å². The van der Waals surface area contributed by atoms with E-state index in [9.17, 15) is 9.59 Å². The second kappa shape index (κ2) is 7.37. The molecule has 0 saturated carbocycles. The number of carbonyl (C=O) groups is 2. The number of aromatic nitrogens is 1. The van der Waals surface area contributed by atoms with Crippen molar-refractivity contribution in [3.8, 4) is 0 Å². The molecule has 0 aromatic carbocycles. The quantitative estimate of drug-likeness (QED) is 0.734. The van der Waals surface area contributed by atoms with Crippen molar-refractivity contribution in [2.75, 3.05) is 13.2 Å². The van der Waals surface area contributed by atoms with Crippen LogP contribution in [0.3, 0.4) is 0 Å². The van der Waals surface area contributed by atoms with Gasteiger partial charge in [-0.3, -0.25) is 0 Å². The SMILES string of the molecule is CC(NC(=O)NCCc1nc(C(=O)O)cs1)C1CCCO1. The summed E-state index contributed by atoms with van der Waals surface area (Å²) in [5, 5.41) is 16.5. The third-order valence-electron chi connectivity index (χ3n) is 3.28. The zero-order chi connectivity index (χ0) is 15.2. The lowest BCUT2D eigenvalue weighted by Crippen LogP contribution is -2.46. The van der Waals surface area contributed by atoms with Gasteiger partial charge >= 0.3 is 12.0 Å². The highest BCUT2D eigenvalue weighted by Crippen LogP contribution is 2.15. The Labute approximate surface area is 126 Å². The lowest BCUT2D eigenvalue weighted by Gasteiger charge is -2.20. The second-order valence-corrected chi connectivity index (χ2v) is 5.86. The summed E-state index contributed by atoms with van der Waals surface area (Å²) in [4.78, 5) is 26.4. The molecule has 116 valence electrons. The fourth-order valence-corrected chi connectivity index (χ4v) is 2.93. The smallest absolute Gasteiger partial charge is 0.355 e. The van der Waals surface area contributed by atoms with Gasteiger partial charge in [-0.1, -0.05) is 0 Å². The van der Waals surface area contributed by atoms with E-state index in [0.29, 0.717) is 18.0 Å². The van der Waals surface area contributed by atoms with Crippen molar-refractivity contribution in [1.82, 2.24) is 15.6 Å². The molecule has 1 aliphatic heterocycles. The summed E-state index contributed by atoms with van der Waals surface area (Å²) in [6.07, 6.45) is 2.61. The van der Waals surface area contributed by atoms with Crippen LogP contribution in [0.2, 0.25) is 0 Å². The Morgan fingerprint density at radius 1 is 1.62 bits per heavy atom. The highest BCUT2D eigenvalue weighted by Gasteiger charge is 2.23. The number of hydrogen-bond donors (Lipinski definition) is 3. The number of carbonyl (C=O) groups excluding carboxylic acids is 1. The zero-order valence-corrected chi connectivity index (χ0v) is 12.6. The van der Waals surface area contributed by atoms with Gasteiger partial charge in [0.25, 0.3) is 0 Å². The Hall–Kier alpha value is -1.67. The van der Waals surface area contributed by atoms with Gasteiger partial charge in [-0.05, 0) is 19.8 Å². The van der Waals surface area contributed by atoms with Crippen LogP contribution < -0.4 is 10.6 Å². The average molecular weight is 313 g/mol. The molecule has 1 aromatic heterocycles. The number of carboxylic acid groups (broad SMARTS) is 1. The maximum Gasteiger partial charge on any atom is 0.355 e. The average Bonchev–Trinajstić information content (AvgIpc) is 3.10. The highest BCUT2D eigenvalue weighted by molar-refractivity contribution is 7.09. The Kier molecular flexibility index (Phi) is 5.51. The third kappa shape index (κ3) is 4.68. The molecule has 0 aliphatic carbocycles. The summed E-state index contributed by atoms with van der Waals surface area (Å²) in [5.41, 5.74) is 0.0476. The molecule has 21 heavy (non-hydrogen) atoms. The first-order valence-electron chi connectivity index (χ1n) is 6.90. The molecule has 1 fully saturated rings. The van der Waals surface area contributed by atoms with E-state index in [0.717, 1.165) is 19.4 Å². The summed E-state index contributed by atoms with van der Waals surface area (Å²) in [5.74, 6) is -1.03. The van der Waals surface area contributed by atoms with Gasteiger partial charge in [0.15, 0.2) is 5.69 Å². The summed E-state index contributed by atoms with van der Waals surface area (Å²) in [7, 11) is 0. The molecule has 1 aliphatic rings. The Morgan fingerprint density at radius 3 is 3.05 bits per heavy atom. The van der Waals surface area contributed by atoms with E-state index in [-0.39, 0.29) is 23.9 Å². The Balaban J connectivity index is 1.67. The van der Waals surface area contributed by atoms with Crippen molar-refractivity contribution >= 4 is 23.3 Å². The van der Waals surface area contributed by atoms with E-state index in [1.165, 1.54) is 16.7 Å². The van der Waals surface area contributed by atoms with Crippen LogP contribution in [0.15, 0.2) is 5.38 Å². The van der Waals surface area contributed by atoms with E-state index in [1.54, 1.807) is 0 Å². The van der Waals surface area contributed by atoms with Crippen molar-refractivity contribution in [2.24, 2.45) is 0 Å². The molecule has 1 saturated heterocycles. The van der Waals surface area contributed by atoms with Crippen LogP contribution in [0.5, 0.6) is 0 Å². The minimum Gasteiger partial charge on any atom is -0.476 e. The van der Waals surface area contributed by atoms with Crippen LogP contribution in [-0.2, 0) is 11.2 Å². The first-order valence-corrected chi connectivity index (χ1v) is 7.78. The van der Waals surface area contributed by atoms with Gasteiger partial charge in [0, 0.05) is 25.0 Å². The fraction of sp³-hybridized carbons (Fsp3) is 0.615. The number of hydrogen-bond acceptors (Lipinski definition) is 5. The Bertz CT molecular complexity index is 499. The van der Waals surface area contributed by atoms with E-state index in [2.05, 4.69) is 15.6 Å². The predicted molar refractivity (Wildman–Crippen MR) is 77.7 cm³/mol. The fourth-order valence-electron chi connectivity index (χ4n) is 2.15. The molecular weight excluding hydrogens is 294 g/mol. The number of thiazole rings is 1. The topological polar surface area (TPSA) is 101 Å². The molecule has 2 atom stereocenters. The van der Waals surface area contributed by atoms with Crippen molar-refractivity contribution in [2.45, 2.75) is 38.3 Å². The number of urea groups is 1. The van der Waals surface area contributed by atoms with Gasteiger partial charge in [-0.25, -0.2) is 14.6 Å². The maximum atomic E-state index is 11.7. The number of nitrogens with one attached hydrogen (secondary N) is 2. The van der Waals surface area contributed by atoms with Crippen LogP contribution in [0.1, 0.15) is 35.3 Å². The molecule has 7 nitrogen and oxygen atoms in total. The molecule has 2 unspecified atom stereocenters. The van der Waals surface area contributed by atoms with Gasteiger partial charge in [0.2, 0.25) is 0 Å². The van der Waals surface area contributed by atoms with Gasteiger partial charge in [0.1, 0.15) is 0 Å². The molecule has 3 N–H and O–H groups in total. The zero-order valence-electron chi connectivity index (χ0n) is 11.8. The number of nitrogens with zero attached hydrogens (tertiary/aromatic N) is 1. The lowest BCUT2D eigenvalue weighted by molar-refractivity contribution is 0.0691. The van der Waals surface area contributed by atoms with Crippen LogP contribution >= 0.6 is 11.3 Å². The van der Waals surface area contributed by atoms with E-state index in [1.807, 2.05) is 6.92 Å². The Morgan fingerprint density at radius 2 is 2.43 bits per heavy atom. The minimum atomic E-state index is -1.03. The summed E-state index contributed by atoms with van der Waals surface area (Å²) < 4.78 is 5.51. The van der Waals surface area contributed by atoms with Gasteiger partial charge in [-0.15, -0.1) is 11.3 Å². The number of rotatable bonds is 6. The number of amides is 2. The maximum absolute atomic E-state index is 11.7. The molecular formula is C13H19N3O4S. The molecule has 0 bridgehead atoms. The van der Waals surface area contributed by atoms with Crippen LogP contribution in [0, 0.1) is 0 Å². The van der Waals surface area contributed by atoms with Crippen molar-refractivity contribution < 1.29 is 19.4 Å².